The van der Waals surface area contributed by atoms with Crippen molar-refractivity contribution in [1.82, 2.24) is 0 Å². The van der Waals surface area contributed by atoms with Crippen molar-refractivity contribution in [3.63, 3.8) is 0 Å². The third-order valence-electron chi connectivity index (χ3n) is 6.75. The van der Waals surface area contributed by atoms with Crippen molar-refractivity contribution < 1.29 is 19.1 Å². The van der Waals surface area contributed by atoms with E-state index in [2.05, 4.69) is 0 Å². The van der Waals surface area contributed by atoms with E-state index in [0.29, 0.717) is 28.3 Å². The molecule has 1 saturated carbocycles. The third-order valence-corrected chi connectivity index (χ3v) is 7.00. The predicted octanol–water partition coefficient (Wildman–Crippen LogP) is 5.32. The van der Waals surface area contributed by atoms with E-state index in [1.807, 2.05) is 19.1 Å². The van der Waals surface area contributed by atoms with Crippen LogP contribution >= 0.6 is 11.6 Å². The highest BCUT2D eigenvalue weighted by Gasteiger charge is 2.74. The minimum Gasteiger partial charge on any atom is -0.478 e. The molecule has 3 aromatic rings. The molecule has 2 atom stereocenters. The number of hydrogen-bond donors (Lipinski definition) is 1. The predicted molar refractivity (Wildman–Crippen MR) is 116 cm³/mol. The van der Waals surface area contributed by atoms with Crippen LogP contribution in [0.3, 0.4) is 0 Å². The maximum atomic E-state index is 14.3. The molecular formula is C25H19ClFNO3. The second kappa shape index (κ2) is 6.66. The third kappa shape index (κ3) is 2.80. The molecule has 1 amide bonds. The number of fused-ring (bicyclic) bond motifs is 2. The van der Waals surface area contributed by atoms with Gasteiger partial charge in [0.15, 0.2) is 0 Å². The van der Waals surface area contributed by atoms with Gasteiger partial charge in [-0.25, -0.2) is 9.18 Å². The molecule has 0 aromatic heterocycles. The van der Waals surface area contributed by atoms with Gasteiger partial charge < -0.3 is 10.0 Å². The lowest BCUT2D eigenvalue weighted by Gasteiger charge is -2.21. The van der Waals surface area contributed by atoms with Gasteiger partial charge in [-0.15, -0.1) is 0 Å². The lowest BCUT2D eigenvalue weighted by molar-refractivity contribution is -0.120. The van der Waals surface area contributed by atoms with Gasteiger partial charge in [0, 0.05) is 16.1 Å². The molecule has 1 heterocycles. The van der Waals surface area contributed by atoms with Crippen LogP contribution in [0.4, 0.5) is 10.1 Å². The first-order valence-corrected chi connectivity index (χ1v) is 10.3. The number of nitrogens with zero attached hydrogens (tertiary/aromatic N) is 1. The van der Waals surface area contributed by atoms with E-state index in [4.69, 9.17) is 11.6 Å². The maximum absolute atomic E-state index is 14.3. The first-order valence-electron chi connectivity index (χ1n) is 9.96. The molecule has 5 rings (SSSR count). The summed E-state index contributed by atoms with van der Waals surface area (Å²) < 4.78 is 14.3. The summed E-state index contributed by atoms with van der Waals surface area (Å²) in [6.07, 6.45) is 0.572. The summed E-state index contributed by atoms with van der Waals surface area (Å²) in [6.45, 7) is 2.24. The number of anilines is 1. The highest BCUT2D eigenvalue weighted by atomic mass is 35.5. The number of amides is 1. The molecule has 1 N–H and O–H groups in total. The van der Waals surface area contributed by atoms with Gasteiger partial charge in [-0.05, 0) is 65.6 Å². The monoisotopic (exact) mass is 435 g/mol. The Bertz CT molecular complexity index is 1240. The van der Waals surface area contributed by atoms with E-state index in [0.717, 1.165) is 5.56 Å². The molecule has 0 saturated heterocycles. The van der Waals surface area contributed by atoms with Crippen LogP contribution in [0, 0.1) is 5.82 Å². The Morgan fingerprint density at radius 1 is 1.13 bits per heavy atom. The highest BCUT2D eigenvalue weighted by Crippen LogP contribution is 2.70. The first-order chi connectivity index (χ1) is 14.8. The summed E-state index contributed by atoms with van der Waals surface area (Å²) in [5, 5.41) is 9.90. The molecule has 1 aliphatic carbocycles. The van der Waals surface area contributed by atoms with Crippen molar-refractivity contribution >= 4 is 29.2 Å². The van der Waals surface area contributed by atoms with Crippen LogP contribution in [0.25, 0.3) is 0 Å². The molecule has 156 valence electrons. The molecule has 31 heavy (non-hydrogen) atoms. The Morgan fingerprint density at radius 2 is 1.87 bits per heavy atom. The summed E-state index contributed by atoms with van der Waals surface area (Å²) in [4.78, 5) is 26.8. The standard InChI is InChI=1S/C25H19ClFNO3/c1-24(17-5-7-18(26)8-6-17)14-25(24)20-12-19(27)9-10-21(20)28(23(25)31)13-15-3-2-4-16(11-15)22(29)30/h2-12H,13-14H2,1H3,(H,29,30)/t24-,25+/m0/s1. The van der Waals surface area contributed by atoms with E-state index in [9.17, 15) is 19.1 Å². The van der Waals surface area contributed by atoms with Crippen molar-refractivity contribution in [2.24, 2.45) is 0 Å². The van der Waals surface area contributed by atoms with Crippen LogP contribution in [-0.2, 0) is 22.2 Å². The summed E-state index contributed by atoms with van der Waals surface area (Å²) in [5.41, 5.74) is 1.88. The number of carboxylic acids is 1. The number of carbonyl (C=O) groups is 2. The Kier molecular flexibility index (Phi) is 4.25. The first kappa shape index (κ1) is 19.8. The van der Waals surface area contributed by atoms with Crippen LogP contribution < -0.4 is 4.90 Å². The van der Waals surface area contributed by atoms with Crippen LogP contribution in [0.5, 0.6) is 0 Å². The van der Waals surface area contributed by atoms with Crippen molar-refractivity contribution in [2.45, 2.75) is 30.7 Å². The normalized spacial score (nSPS) is 23.8. The largest absolute Gasteiger partial charge is 0.478 e. The van der Waals surface area contributed by atoms with Gasteiger partial charge in [0.05, 0.1) is 17.5 Å². The van der Waals surface area contributed by atoms with Crippen molar-refractivity contribution in [3.05, 3.63) is 99.8 Å². The molecule has 0 bridgehead atoms. The van der Waals surface area contributed by atoms with Gasteiger partial charge in [0.25, 0.3) is 0 Å². The van der Waals surface area contributed by atoms with Crippen molar-refractivity contribution in [3.8, 4) is 0 Å². The number of aromatic carboxylic acids is 1. The lowest BCUT2D eigenvalue weighted by atomic mass is 9.83. The molecule has 2 aliphatic rings. The Labute approximate surface area is 183 Å². The van der Waals surface area contributed by atoms with Gasteiger partial charge in [-0.1, -0.05) is 42.8 Å². The number of carbonyl (C=O) groups excluding carboxylic acids is 1. The van der Waals surface area contributed by atoms with Crippen LogP contribution in [-0.4, -0.2) is 17.0 Å². The highest BCUT2D eigenvalue weighted by molar-refractivity contribution is 6.30. The molecule has 1 fully saturated rings. The zero-order valence-electron chi connectivity index (χ0n) is 16.7. The number of rotatable bonds is 4. The molecule has 0 radical (unpaired) electrons. The molecular weight excluding hydrogens is 417 g/mol. The second-order valence-corrected chi connectivity index (χ2v) is 8.92. The zero-order chi connectivity index (χ0) is 22.0. The van der Waals surface area contributed by atoms with Gasteiger partial charge >= 0.3 is 5.97 Å². The van der Waals surface area contributed by atoms with E-state index in [1.54, 1.807) is 41.3 Å². The minimum atomic E-state index is -1.02. The maximum Gasteiger partial charge on any atom is 0.335 e. The summed E-state index contributed by atoms with van der Waals surface area (Å²) >= 11 is 6.05. The molecule has 1 spiro atoms. The Morgan fingerprint density at radius 3 is 2.58 bits per heavy atom. The van der Waals surface area contributed by atoms with Crippen LogP contribution in [0.1, 0.15) is 40.4 Å². The topological polar surface area (TPSA) is 57.6 Å². The Balaban J connectivity index is 1.58. The fraction of sp³-hybridized carbons (Fsp3) is 0.200. The fourth-order valence-electron chi connectivity index (χ4n) is 5.04. The van der Waals surface area contributed by atoms with E-state index in [-0.39, 0.29) is 23.8 Å². The minimum absolute atomic E-state index is 0.0914. The van der Waals surface area contributed by atoms with E-state index >= 15 is 0 Å². The Hall–Kier alpha value is -3.18. The van der Waals surface area contributed by atoms with Gasteiger partial charge in [-0.3, -0.25) is 4.79 Å². The van der Waals surface area contributed by atoms with Gasteiger partial charge in [0.1, 0.15) is 5.82 Å². The molecule has 3 aromatic carbocycles. The molecule has 6 heteroatoms. The summed E-state index contributed by atoms with van der Waals surface area (Å²) in [5.74, 6) is -1.50. The fourth-order valence-corrected chi connectivity index (χ4v) is 5.17. The summed E-state index contributed by atoms with van der Waals surface area (Å²) in [7, 11) is 0. The lowest BCUT2D eigenvalue weighted by Crippen LogP contribution is -2.35. The smallest absolute Gasteiger partial charge is 0.335 e. The molecule has 1 aliphatic heterocycles. The summed E-state index contributed by atoms with van der Waals surface area (Å²) in [6, 6.07) is 18.4. The average Bonchev–Trinajstić information content (AvgIpc) is 3.33. The molecule has 4 nitrogen and oxygen atoms in total. The molecule has 0 unspecified atom stereocenters. The van der Waals surface area contributed by atoms with Crippen molar-refractivity contribution in [2.75, 3.05) is 4.90 Å². The van der Waals surface area contributed by atoms with Gasteiger partial charge in [0.2, 0.25) is 5.91 Å². The van der Waals surface area contributed by atoms with Crippen LogP contribution in [0.2, 0.25) is 5.02 Å². The average molecular weight is 436 g/mol. The van der Waals surface area contributed by atoms with E-state index < -0.39 is 16.8 Å². The number of halogens is 2. The quantitative estimate of drug-likeness (QED) is 0.603. The number of hydrogen-bond acceptors (Lipinski definition) is 2. The SMILES string of the molecule is C[C@@]1(c2ccc(Cl)cc2)C[C@@]12C(=O)N(Cc1cccc(C(=O)O)c1)c1ccc(F)cc12. The van der Waals surface area contributed by atoms with Crippen molar-refractivity contribution in [1.29, 1.82) is 0 Å². The number of carboxylic acid groups (broad SMARTS) is 1. The van der Waals surface area contributed by atoms with Crippen LogP contribution in [0.15, 0.2) is 66.7 Å². The van der Waals surface area contributed by atoms with E-state index in [1.165, 1.54) is 18.2 Å². The number of benzene rings is 3. The van der Waals surface area contributed by atoms with Gasteiger partial charge in [-0.2, -0.15) is 0 Å². The zero-order valence-corrected chi connectivity index (χ0v) is 17.5. The second-order valence-electron chi connectivity index (χ2n) is 8.48.